The van der Waals surface area contributed by atoms with Gasteiger partial charge in [-0.2, -0.15) is 0 Å². The Balaban J connectivity index is 2.59. The first-order chi connectivity index (χ1) is 8.67. The molecule has 0 aromatic heterocycles. The van der Waals surface area contributed by atoms with E-state index in [0.29, 0.717) is 12.6 Å². The summed E-state index contributed by atoms with van der Waals surface area (Å²) in [5.41, 5.74) is 2.36. The van der Waals surface area contributed by atoms with E-state index in [0.717, 1.165) is 11.4 Å². The van der Waals surface area contributed by atoms with Gasteiger partial charge in [-0.25, -0.2) is 0 Å². The number of unbranched alkanes of at least 4 members (excludes halogenated alkanes) is 2. The van der Waals surface area contributed by atoms with E-state index in [4.69, 9.17) is 4.74 Å². The molecule has 1 N–H and O–H groups in total. The first-order valence-electron chi connectivity index (χ1n) is 7.17. The molecule has 0 fully saturated rings. The maximum atomic E-state index is 5.68. The maximum Gasteiger partial charge on any atom is 0.142 e. The molecule has 1 rings (SSSR count). The van der Waals surface area contributed by atoms with E-state index in [1.807, 2.05) is 6.92 Å². The van der Waals surface area contributed by atoms with Crippen molar-refractivity contribution in [3.05, 3.63) is 23.8 Å². The summed E-state index contributed by atoms with van der Waals surface area (Å²) in [6.07, 6.45) is 5.10. The average molecular weight is 249 g/mol. The van der Waals surface area contributed by atoms with Crippen LogP contribution in [0.25, 0.3) is 0 Å². The first kappa shape index (κ1) is 14.9. The van der Waals surface area contributed by atoms with Crippen molar-refractivity contribution in [2.45, 2.75) is 59.4 Å². The fraction of sp³-hybridized carbons (Fsp3) is 0.625. The van der Waals surface area contributed by atoms with E-state index >= 15 is 0 Å². The van der Waals surface area contributed by atoms with Crippen molar-refractivity contribution in [3.8, 4) is 5.75 Å². The minimum atomic E-state index is 0.499. The Labute approximate surface area is 112 Å². The lowest BCUT2D eigenvalue weighted by Crippen LogP contribution is -2.15. The molecule has 18 heavy (non-hydrogen) atoms. The topological polar surface area (TPSA) is 21.3 Å². The highest BCUT2D eigenvalue weighted by atomic mass is 16.5. The van der Waals surface area contributed by atoms with Gasteiger partial charge in [-0.1, -0.05) is 32.3 Å². The molecule has 102 valence electrons. The summed E-state index contributed by atoms with van der Waals surface area (Å²) < 4.78 is 5.68. The monoisotopic (exact) mass is 249 g/mol. The lowest BCUT2D eigenvalue weighted by molar-refractivity contribution is 0.341. The SMILES string of the molecule is CCCCCC(C)Nc1ccc(C)cc1OCC. The number of benzene rings is 1. The van der Waals surface area contributed by atoms with Gasteiger partial charge in [0.1, 0.15) is 5.75 Å². The number of rotatable bonds is 8. The van der Waals surface area contributed by atoms with Gasteiger partial charge in [0.2, 0.25) is 0 Å². The normalized spacial score (nSPS) is 12.2. The first-order valence-corrected chi connectivity index (χ1v) is 7.17. The van der Waals surface area contributed by atoms with E-state index in [2.05, 4.69) is 44.3 Å². The molecule has 0 aliphatic carbocycles. The molecule has 0 amide bonds. The minimum Gasteiger partial charge on any atom is -0.492 e. The molecular formula is C16H27NO. The average Bonchev–Trinajstić information content (AvgIpc) is 2.33. The van der Waals surface area contributed by atoms with Crippen molar-refractivity contribution < 1.29 is 4.74 Å². The smallest absolute Gasteiger partial charge is 0.142 e. The molecule has 2 heteroatoms. The van der Waals surface area contributed by atoms with Gasteiger partial charge in [0.05, 0.1) is 12.3 Å². The van der Waals surface area contributed by atoms with Crippen molar-refractivity contribution in [2.24, 2.45) is 0 Å². The lowest BCUT2D eigenvalue weighted by atomic mass is 10.1. The van der Waals surface area contributed by atoms with Crippen molar-refractivity contribution in [3.63, 3.8) is 0 Å². The van der Waals surface area contributed by atoms with Crippen LogP contribution in [0.3, 0.4) is 0 Å². The summed E-state index contributed by atoms with van der Waals surface area (Å²) in [4.78, 5) is 0. The van der Waals surface area contributed by atoms with Crippen LogP contribution < -0.4 is 10.1 Å². The molecule has 0 heterocycles. The molecule has 0 aliphatic rings. The van der Waals surface area contributed by atoms with Gasteiger partial charge in [0, 0.05) is 6.04 Å². The van der Waals surface area contributed by atoms with Crippen LogP contribution >= 0.6 is 0 Å². The molecule has 1 aromatic rings. The quantitative estimate of drug-likeness (QED) is 0.670. The second-order valence-corrected chi connectivity index (χ2v) is 4.97. The van der Waals surface area contributed by atoms with E-state index in [1.54, 1.807) is 0 Å². The van der Waals surface area contributed by atoms with Crippen LogP contribution in [0.4, 0.5) is 5.69 Å². The molecular weight excluding hydrogens is 222 g/mol. The Kier molecular flexibility index (Phi) is 6.63. The van der Waals surface area contributed by atoms with Gasteiger partial charge in [-0.3, -0.25) is 0 Å². The molecule has 0 saturated carbocycles. The third-order valence-electron chi connectivity index (χ3n) is 3.08. The number of hydrogen-bond donors (Lipinski definition) is 1. The highest BCUT2D eigenvalue weighted by Crippen LogP contribution is 2.27. The van der Waals surface area contributed by atoms with E-state index in [9.17, 15) is 0 Å². The summed E-state index contributed by atoms with van der Waals surface area (Å²) in [6.45, 7) is 9.31. The fourth-order valence-electron chi connectivity index (χ4n) is 2.06. The van der Waals surface area contributed by atoms with Crippen molar-refractivity contribution >= 4 is 5.69 Å². The van der Waals surface area contributed by atoms with Gasteiger partial charge in [0.15, 0.2) is 0 Å². The van der Waals surface area contributed by atoms with Crippen LogP contribution in [0.15, 0.2) is 18.2 Å². The standard InChI is InChI=1S/C16H27NO/c1-5-7-8-9-14(4)17-15-11-10-13(3)12-16(15)18-6-2/h10-12,14,17H,5-9H2,1-4H3. The van der Waals surface area contributed by atoms with Crippen molar-refractivity contribution in [2.75, 3.05) is 11.9 Å². The van der Waals surface area contributed by atoms with Gasteiger partial charge in [-0.05, 0) is 44.9 Å². The molecule has 0 radical (unpaired) electrons. The number of anilines is 1. The molecule has 0 spiro atoms. The maximum absolute atomic E-state index is 5.68. The number of aryl methyl sites for hydroxylation is 1. The second-order valence-electron chi connectivity index (χ2n) is 4.97. The van der Waals surface area contributed by atoms with Crippen LogP contribution in [0, 0.1) is 6.92 Å². The molecule has 0 saturated heterocycles. The zero-order chi connectivity index (χ0) is 13.4. The lowest BCUT2D eigenvalue weighted by Gasteiger charge is -2.18. The minimum absolute atomic E-state index is 0.499. The van der Waals surface area contributed by atoms with Crippen LogP contribution in [0.5, 0.6) is 5.75 Å². The highest BCUT2D eigenvalue weighted by molar-refractivity contribution is 5.58. The van der Waals surface area contributed by atoms with Crippen LogP contribution in [-0.2, 0) is 0 Å². The molecule has 0 aliphatic heterocycles. The number of hydrogen-bond acceptors (Lipinski definition) is 2. The predicted molar refractivity (Wildman–Crippen MR) is 79.6 cm³/mol. The summed E-state index contributed by atoms with van der Waals surface area (Å²) in [5, 5.41) is 3.56. The molecule has 0 bridgehead atoms. The Morgan fingerprint density at radius 1 is 1.22 bits per heavy atom. The van der Waals surface area contributed by atoms with E-state index in [1.165, 1.54) is 31.2 Å². The second kappa shape index (κ2) is 8.02. The summed E-state index contributed by atoms with van der Waals surface area (Å²) in [6, 6.07) is 6.85. The fourth-order valence-corrected chi connectivity index (χ4v) is 2.06. The van der Waals surface area contributed by atoms with Crippen LogP contribution in [-0.4, -0.2) is 12.6 Å². The van der Waals surface area contributed by atoms with Gasteiger partial charge < -0.3 is 10.1 Å². The Morgan fingerprint density at radius 3 is 2.67 bits per heavy atom. The molecule has 2 nitrogen and oxygen atoms in total. The van der Waals surface area contributed by atoms with Gasteiger partial charge in [-0.15, -0.1) is 0 Å². The summed E-state index contributed by atoms with van der Waals surface area (Å²) in [7, 11) is 0. The van der Waals surface area contributed by atoms with Crippen molar-refractivity contribution in [1.82, 2.24) is 0 Å². The third-order valence-corrected chi connectivity index (χ3v) is 3.08. The summed E-state index contributed by atoms with van der Waals surface area (Å²) >= 11 is 0. The molecule has 1 unspecified atom stereocenters. The molecule has 1 aromatic carbocycles. The van der Waals surface area contributed by atoms with Crippen LogP contribution in [0.1, 0.15) is 52.0 Å². The predicted octanol–water partition coefficient (Wildman–Crippen LogP) is 4.77. The van der Waals surface area contributed by atoms with E-state index < -0.39 is 0 Å². The van der Waals surface area contributed by atoms with Crippen molar-refractivity contribution in [1.29, 1.82) is 0 Å². The largest absolute Gasteiger partial charge is 0.492 e. The Bertz CT molecular complexity index is 349. The number of ether oxygens (including phenoxy) is 1. The Morgan fingerprint density at radius 2 is 2.00 bits per heavy atom. The van der Waals surface area contributed by atoms with E-state index in [-0.39, 0.29) is 0 Å². The zero-order valence-corrected chi connectivity index (χ0v) is 12.3. The van der Waals surface area contributed by atoms with Crippen LogP contribution in [0.2, 0.25) is 0 Å². The number of nitrogens with one attached hydrogen (secondary N) is 1. The summed E-state index contributed by atoms with van der Waals surface area (Å²) in [5.74, 6) is 0.972. The highest BCUT2D eigenvalue weighted by Gasteiger charge is 2.07. The zero-order valence-electron chi connectivity index (χ0n) is 12.3. The molecule has 1 atom stereocenters. The van der Waals surface area contributed by atoms with Gasteiger partial charge >= 0.3 is 0 Å². The Hall–Kier alpha value is -1.18. The van der Waals surface area contributed by atoms with Gasteiger partial charge in [0.25, 0.3) is 0 Å². The third kappa shape index (κ3) is 4.99.